The van der Waals surface area contributed by atoms with Crippen LogP contribution in [-0.4, -0.2) is 20.7 Å². The van der Waals surface area contributed by atoms with Crippen LogP contribution in [0, 0.1) is 6.92 Å². The first-order valence-corrected chi connectivity index (χ1v) is 6.00. The van der Waals surface area contributed by atoms with Crippen LogP contribution in [0.3, 0.4) is 0 Å². The lowest BCUT2D eigenvalue weighted by Gasteiger charge is -2.21. The number of rotatable bonds is 2. The summed E-state index contributed by atoms with van der Waals surface area (Å²) in [4.78, 5) is 6.03. The molecule has 16 heavy (non-hydrogen) atoms. The second kappa shape index (κ2) is 3.99. The van der Waals surface area contributed by atoms with Gasteiger partial charge in [-0.15, -0.1) is 0 Å². The zero-order valence-corrected chi connectivity index (χ0v) is 10.5. The maximum Gasteiger partial charge on any atom is 0.212 e. The average Bonchev–Trinajstić information content (AvgIpc) is 2.73. The van der Waals surface area contributed by atoms with Crippen molar-refractivity contribution in [2.45, 2.75) is 33.4 Å². The maximum absolute atomic E-state index is 10.2. The number of allylic oxidation sites excluding steroid dienone is 1. The molecule has 4 nitrogen and oxygen atoms in total. The van der Waals surface area contributed by atoms with Gasteiger partial charge in [0.25, 0.3) is 0 Å². The SMILES string of the molecule is C=C1C(C)=C(CC)C(O)N1c1nc(C)ns1. The average molecular weight is 237 g/mol. The summed E-state index contributed by atoms with van der Waals surface area (Å²) in [5.74, 6) is 0.725. The third-order valence-electron chi connectivity index (χ3n) is 2.87. The highest BCUT2D eigenvalue weighted by atomic mass is 32.1. The molecule has 0 saturated heterocycles. The molecular weight excluding hydrogens is 222 g/mol. The Morgan fingerprint density at radius 1 is 1.50 bits per heavy atom. The number of aromatic nitrogens is 2. The molecule has 1 aromatic rings. The van der Waals surface area contributed by atoms with Crippen LogP contribution in [0.5, 0.6) is 0 Å². The topological polar surface area (TPSA) is 49.2 Å². The van der Waals surface area contributed by atoms with Crippen molar-refractivity contribution in [2.24, 2.45) is 0 Å². The number of aliphatic hydroxyl groups is 1. The molecule has 0 fully saturated rings. The molecule has 1 unspecified atom stereocenters. The van der Waals surface area contributed by atoms with Gasteiger partial charge in [-0.25, -0.2) is 4.98 Å². The highest BCUT2D eigenvalue weighted by molar-refractivity contribution is 7.09. The van der Waals surface area contributed by atoms with Crippen LogP contribution < -0.4 is 4.90 Å². The van der Waals surface area contributed by atoms with Crippen molar-refractivity contribution in [1.29, 1.82) is 0 Å². The first-order chi connectivity index (χ1) is 7.56. The third-order valence-corrected chi connectivity index (χ3v) is 3.67. The van der Waals surface area contributed by atoms with E-state index in [1.54, 1.807) is 4.90 Å². The molecule has 0 spiro atoms. The minimum atomic E-state index is -0.634. The van der Waals surface area contributed by atoms with E-state index in [4.69, 9.17) is 0 Å². The largest absolute Gasteiger partial charge is 0.369 e. The number of nitrogens with zero attached hydrogens (tertiary/aromatic N) is 3. The second-order valence-electron chi connectivity index (χ2n) is 3.82. The van der Waals surface area contributed by atoms with Crippen LogP contribution >= 0.6 is 11.5 Å². The summed E-state index contributed by atoms with van der Waals surface area (Å²) in [6.07, 6.45) is 0.185. The molecule has 0 amide bonds. The van der Waals surface area contributed by atoms with E-state index in [1.807, 2.05) is 20.8 Å². The standard InChI is InChI=1S/C11H15N3OS/c1-5-9-6(2)7(3)14(10(9)15)11-12-8(4)13-16-11/h10,15H,3,5H2,1-2,4H3. The second-order valence-corrected chi connectivity index (χ2v) is 4.55. The quantitative estimate of drug-likeness (QED) is 0.857. The molecule has 1 aliphatic heterocycles. The molecule has 1 aliphatic rings. The number of anilines is 1. The molecule has 1 atom stereocenters. The Morgan fingerprint density at radius 3 is 2.62 bits per heavy atom. The molecule has 86 valence electrons. The van der Waals surface area contributed by atoms with Crippen LogP contribution in [0.15, 0.2) is 23.4 Å². The van der Waals surface area contributed by atoms with Crippen molar-refractivity contribution in [1.82, 2.24) is 9.36 Å². The van der Waals surface area contributed by atoms with Crippen molar-refractivity contribution in [3.63, 3.8) is 0 Å². The van der Waals surface area contributed by atoms with Crippen LogP contribution in [-0.2, 0) is 0 Å². The van der Waals surface area contributed by atoms with Gasteiger partial charge < -0.3 is 5.11 Å². The lowest BCUT2D eigenvalue weighted by Crippen LogP contribution is -2.30. The van der Waals surface area contributed by atoms with Crippen LogP contribution in [0.25, 0.3) is 0 Å². The van der Waals surface area contributed by atoms with E-state index in [1.165, 1.54) is 11.5 Å². The van der Waals surface area contributed by atoms with Crippen molar-refractivity contribution < 1.29 is 5.11 Å². The van der Waals surface area contributed by atoms with Gasteiger partial charge >= 0.3 is 0 Å². The highest BCUT2D eigenvalue weighted by Gasteiger charge is 2.33. The van der Waals surface area contributed by atoms with Gasteiger partial charge in [-0.1, -0.05) is 13.5 Å². The van der Waals surface area contributed by atoms with Gasteiger partial charge in [0.05, 0.1) is 0 Å². The van der Waals surface area contributed by atoms with Crippen molar-refractivity contribution in [3.8, 4) is 0 Å². The molecule has 0 saturated carbocycles. The molecule has 2 heterocycles. The maximum atomic E-state index is 10.2. The molecule has 1 aromatic heterocycles. The van der Waals surface area contributed by atoms with E-state index in [9.17, 15) is 5.11 Å². The fourth-order valence-electron chi connectivity index (χ4n) is 1.91. The number of hydrogen-bond acceptors (Lipinski definition) is 5. The van der Waals surface area contributed by atoms with Gasteiger partial charge in [-0.05, 0) is 31.4 Å². The Hall–Kier alpha value is -1.20. The monoisotopic (exact) mass is 237 g/mol. The van der Waals surface area contributed by atoms with Gasteiger partial charge in [0.2, 0.25) is 5.13 Å². The molecular formula is C11H15N3OS. The summed E-state index contributed by atoms with van der Waals surface area (Å²) in [6.45, 7) is 9.85. The van der Waals surface area contributed by atoms with Gasteiger partial charge in [0, 0.05) is 17.2 Å². The first-order valence-electron chi connectivity index (χ1n) is 5.22. The number of aliphatic hydroxyl groups excluding tert-OH is 1. The Balaban J connectivity index is 2.37. The Morgan fingerprint density at radius 2 is 2.19 bits per heavy atom. The fourth-order valence-corrected chi connectivity index (χ4v) is 2.64. The summed E-state index contributed by atoms with van der Waals surface area (Å²) in [7, 11) is 0. The number of aryl methyl sites for hydroxylation is 1. The van der Waals surface area contributed by atoms with E-state index in [0.29, 0.717) is 5.13 Å². The van der Waals surface area contributed by atoms with Gasteiger partial charge in [0.15, 0.2) is 6.23 Å². The van der Waals surface area contributed by atoms with Crippen LogP contribution in [0.2, 0.25) is 0 Å². The zero-order valence-electron chi connectivity index (χ0n) is 9.69. The summed E-state index contributed by atoms with van der Waals surface area (Å²) >= 11 is 1.29. The minimum Gasteiger partial charge on any atom is -0.369 e. The van der Waals surface area contributed by atoms with Crippen molar-refractivity contribution >= 4 is 16.7 Å². The molecule has 0 aromatic carbocycles. The molecule has 0 aliphatic carbocycles. The smallest absolute Gasteiger partial charge is 0.212 e. The Labute approximate surface area is 99.1 Å². The van der Waals surface area contributed by atoms with Gasteiger partial charge in [-0.2, -0.15) is 4.37 Å². The summed E-state index contributed by atoms with van der Waals surface area (Å²) in [5, 5.41) is 10.9. The van der Waals surface area contributed by atoms with E-state index in [0.717, 1.165) is 29.1 Å². The van der Waals surface area contributed by atoms with Gasteiger partial charge in [-0.3, -0.25) is 4.90 Å². The molecule has 5 heteroatoms. The summed E-state index contributed by atoms with van der Waals surface area (Å²) in [5.41, 5.74) is 2.89. The predicted octanol–water partition coefficient (Wildman–Crippen LogP) is 2.23. The lowest BCUT2D eigenvalue weighted by atomic mass is 10.1. The third kappa shape index (κ3) is 1.56. The first kappa shape index (κ1) is 11.3. The van der Waals surface area contributed by atoms with E-state index in [2.05, 4.69) is 15.9 Å². The van der Waals surface area contributed by atoms with Crippen LogP contribution in [0.4, 0.5) is 5.13 Å². The summed E-state index contributed by atoms with van der Waals surface area (Å²) in [6, 6.07) is 0. The van der Waals surface area contributed by atoms with E-state index in [-0.39, 0.29) is 0 Å². The van der Waals surface area contributed by atoms with Crippen molar-refractivity contribution in [2.75, 3.05) is 4.90 Å². The van der Waals surface area contributed by atoms with E-state index < -0.39 is 6.23 Å². The molecule has 1 N–H and O–H groups in total. The zero-order chi connectivity index (χ0) is 11.9. The highest BCUT2D eigenvalue weighted by Crippen LogP contribution is 2.37. The van der Waals surface area contributed by atoms with Gasteiger partial charge in [0.1, 0.15) is 5.82 Å². The predicted molar refractivity (Wildman–Crippen MR) is 65.3 cm³/mol. The molecule has 0 radical (unpaired) electrons. The molecule has 0 bridgehead atoms. The molecule has 2 rings (SSSR count). The lowest BCUT2D eigenvalue weighted by molar-refractivity contribution is 0.217. The Bertz CT molecular complexity index is 464. The van der Waals surface area contributed by atoms with E-state index >= 15 is 0 Å². The fraction of sp³-hybridized carbons (Fsp3) is 0.455. The normalized spacial score (nSPS) is 21.1. The Kier molecular flexibility index (Phi) is 2.82. The summed E-state index contributed by atoms with van der Waals surface area (Å²) < 4.78 is 4.12. The minimum absolute atomic E-state index is 0.634. The van der Waals surface area contributed by atoms with Crippen molar-refractivity contribution in [3.05, 3.63) is 29.2 Å². The number of hydrogen-bond donors (Lipinski definition) is 1. The van der Waals surface area contributed by atoms with Crippen LogP contribution in [0.1, 0.15) is 26.1 Å².